The second kappa shape index (κ2) is 8.25. The minimum atomic E-state index is -0.208. The number of hydrogen-bond acceptors (Lipinski definition) is 5. The van der Waals surface area contributed by atoms with Gasteiger partial charge in [0.1, 0.15) is 11.5 Å². The molecule has 0 fully saturated rings. The molecule has 0 bridgehead atoms. The third kappa shape index (κ3) is 4.36. The van der Waals surface area contributed by atoms with Gasteiger partial charge >= 0.3 is 0 Å². The Kier molecular flexibility index (Phi) is 5.81. The number of fused-ring (bicyclic) bond motifs is 1. The molecule has 1 atom stereocenters. The lowest BCUT2D eigenvalue weighted by molar-refractivity contribution is -0.120. The number of hydrogen-bond donors (Lipinski definition) is 1. The summed E-state index contributed by atoms with van der Waals surface area (Å²) in [5, 5.41) is 9.45. The van der Waals surface area contributed by atoms with Crippen LogP contribution in [0.5, 0.6) is 11.6 Å². The van der Waals surface area contributed by atoms with E-state index in [2.05, 4.69) is 9.97 Å². The van der Waals surface area contributed by atoms with Crippen molar-refractivity contribution in [2.24, 2.45) is 0 Å². The minimum absolute atomic E-state index is 0.0320. The Morgan fingerprint density at radius 1 is 1.19 bits per heavy atom. The van der Waals surface area contributed by atoms with Crippen LogP contribution in [-0.2, 0) is 4.79 Å². The third-order valence-corrected chi connectivity index (χ3v) is 4.38. The van der Waals surface area contributed by atoms with Crippen LogP contribution in [0.4, 0.5) is 0 Å². The number of carbonyl (C=O) groups is 1. The van der Waals surface area contributed by atoms with Crippen molar-refractivity contribution in [2.45, 2.75) is 25.7 Å². The fourth-order valence-corrected chi connectivity index (χ4v) is 2.78. The first-order valence-corrected chi connectivity index (χ1v) is 8.78. The molecule has 0 spiro atoms. The molecular weight excluding hydrogens is 352 g/mol. The maximum atomic E-state index is 12.1. The number of aliphatic hydroxyl groups excluding tert-OH is 1. The number of aromatic nitrogens is 2. The van der Waals surface area contributed by atoms with Crippen molar-refractivity contribution in [3.05, 3.63) is 59.2 Å². The normalized spacial score (nSPS) is 12.1. The van der Waals surface area contributed by atoms with Crippen molar-refractivity contribution in [3.8, 4) is 11.6 Å². The number of rotatable bonds is 7. The van der Waals surface area contributed by atoms with E-state index in [-0.39, 0.29) is 18.3 Å². The molecule has 0 radical (unpaired) electrons. The largest absolute Gasteiger partial charge is 0.437 e. The summed E-state index contributed by atoms with van der Waals surface area (Å²) < 4.78 is 5.75. The molecule has 1 heterocycles. The van der Waals surface area contributed by atoms with Gasteiger partial charge in [0.25, 0.3) is 0 Å². The van der Waals surface area contributed by atoms with E-state index in [4.69, 9.17) is 21.4 Å². The summed E-state index contributed by atoms with van der Waals surface area (Å²) in [7, 11) is 0. The predicted octanol–water partition coefficient (Wildman–Crippen LogP) is 4.52. The zero-order valence-electron chi connectivity index (χ0n) is 14.4. The van der Waals surface area contributed by atoms with Crippen molar-refractivity contribution in [1.82, 2.24) is 9.97 Å². The lowest BCUT2D eigenvalue weighted by Crippen LogP contribution is -2.09. The van der Waals surface area contributed by atoms with Gasteiger partial charge in [-0.2, -0.15) is 0 Å². The maximum Gasteiger partial charge on any atom is 0.238 e. The first kappa shape index (κ1) is 18.3. The number of aliphatic hydroxyl groups is 1. The Balaban J connectivity index is 1.71. The summed E-state index contributed by atoms with van der Waals surface area (Å²) in [6.45, 7) is 1.90. The smallest absolute Gasteiger partial charge is 0.238 e. The van der Waals surface area contributed by atoms with Crippen molar-refractivity contribution in [3.63, 3.8) is 0 Å². The van der Waals surface area contributed by atoms with Gasteiger partial charge in [-0.05, 0) is 42.3 Å². The Morgan fingerprint density at radius 3 is 2.69 bits per heavy atom. The standard InChI is InChI=1S/C20H19ClN2O3/c1-13(19(25)3-2-10-24)14-4-7-16(8-5-14)26-20-12-22-18-11-15(21)6-9-17(18)23-20/h4-9,11-13,24H,2-3,10H2,1H3. The van der Waals surface area contributed by atoms with Crippen molar-refractivity contribution < 1.29 is 14.6 Å². The Morgan fingerprint density at radius 2 is 1.96 bits per heavy atom. The summed E-state index contributed by atoms with van der Waals surface area (Å²) in [4.78, 5) is 20.8. The van der Waals surface area contributed by atoms with Gasteiger partial charge in [0.05, 0.1) is 17.2 Å². The first-order valence-electron chi connectivity index (χ1n) is 8.40. The van der Waals surface area contributed by atoms with Gasteiger partial charge in [-0.25, -0.2) is 9.97 Å². The summed E-state index contributed by atoms with van der Waals surface area (Å²) in [6, 6.07) is 12.6. The van der Waals surface area contributed by atoms with Crippen LogP contribution < -0.4 is 4.74 Å². The number of nitrogens with zero attached hydrogens (tertiary/aromatic N) is 2. The lowest BCUT2D eigenvalue weighted by Gasteiger charge is -2.11. The Bertz CT molecular complexity index is 913. The number of ether oxygens (including phenoxy) is 1. The van der Waals surface area contributed by atoms with Crippen LogP contribution in [0, 0.1) is 0 Å². The van der Waals surface area contributed by atoms with E-state index in [1.54, 1.807) is 36.5 Å². The fourth-order valence-electron chi connectivity index (χ4n) is 2.62. The van der Waals surface area contributed by atoms with Gasteiger partial charge in [-0.1, -0.05) is 30.7 Å². The topological polar surface area (TPSA) is 72.3 Å². The Hall–Kier alpha value is -2.50. The molecule has 0 aliphatic rings. The average molecular weight is 371 g/mol. The molecule has 1 aromatic heterocycles. The zero-order valence-corrected chi connectivity index (χ0v) is 15.1. The summed E-state index contributed by atoms with van der Waals surface area (Å²) in [6.07, 6.45) is 2.43. The van der Waals surface area contributed by atoms with E-state index in [0.717, 1.165) is 5.56 Å². The van der Waals surface area contributed by atoms with Crippen molar-refractivity contribution in [2.75, 3.05) is 6.61 Å². The Labute approximate surface area is 156 Å². The molecule has 0 amide bonds. The molecule has 26 heavy (non-hydrogen) atoms. The third-order valence-electron chi connectivity index (χ3n) is 4.15. The van der Waals surface area contributed by atoms with E-state index in [1.165, 1.54) is 0 Å². The highest BCUT2D eigenvalue weighted by molar-refractivity contribution is 6.31. The number of halogens is 1. The number of Topliss-reactive ketones (excluding diaryl/α,β-unsaturated/α-hetero) is 1. The summed E-state index contributed by atoms with van der Waals surface area (Å²) in [5.74, 6) is 0.915. The fraction of sp³-hybridized carbons (Fsp3) is 0.250. The molecular formula is C20H19ClN2O3. The second-order valence-electron chi connectivity index (χ2n) is 6.03. The van der Waals surface area contributed by atoms with Crippen molar-refractivity contribution in [1.29, 1.82) is 0 Å². The molecule has 0 saturated carbocycles. The van der Waals surface area contributed by atoms with Gasteiger partial charge < -0.3 is 9.84 Å². The van der Waals surface area contributed by atoms with Crippen LogP contribution in [0.25, 0.3) is 11.0 Å². The van der Waals surface area contributed by atoms with E-state index >= 15 is 0 Å². The average Bonchev–Trinajstić information content (AvgIpc) is 2.66. The maximum absolute atomic E-state index is 12.1. The summed E-state index contributed by atoms with van der Waals surface area (Å²) in [5.41, 5.74) is 2.32. The van der Waals surface area contributed by atoms with E-state index in [1.807, 2.05) is 19.1 Å². The van der Waals surface area contributed by atoms with Crippen molar-refractivity contribution >= 4 is 28.4 Å². The van der Waals surface area contributed by atoms with E-state index in [0.29, 0.717) is 40.5 Å². The van der Waals surface area contributed by atoms with Crippen LogP contribution in [0.15, 0.2) is 48.7 Å². The van der Waals surface area contributed by atoms with Gasteiger partial charge in [0.2, 0.25) is 5.88 Å². The molecule has 1 N–H and O–H groups in total. The SMILES string of the molecule is CC(C(=O)CCCO)c1ccc(Oc2cnc3cc(Cl)ccc3n2)cc1. The van der Waals surface area contributed by atoms with Crippen LogP contribution in [0.1, 0.15) is 31.2 Å². The quantitative estimate of drug-likeness (QED) is 0.662. The highest BCUT2D eigenvalue weighted by Gasteiger charge is 2.14. The van der Waals surface area contributed by atoms with Crippen LogP contribution in [0.2, 0.25) is 5.02 Å². The van der Waals surface area contributed by atoms with Gasteiger partial charge in [-0.15, -0.1) is 0 Å². The van der Waals surface area contributed by atoms with Gasteiger partial charge in [0, 0.05) is 24.0 Å². The molecule has 0 saturated heterocycles. The van der Waals surface area contributed by atoms with Gasteiger partial charge in [-0.3, -0.25) is 4.79 Å². The predicted molar refractivity (Wildman–Crippen MR) is 101 cm³/mol. The van der Waals surface area contributed by atoms with E-state index < -0.39 is 0 Å². The molecule has 0 aliphatic carbocycles. The summed E-state index contributed by atoms with van der Waals surface area (Å²) >= 11 is 5.94. The minimum Gasteiger partial charge on any atom is -0.437 e. The van der Waals surface area contributed by atoms with Crippen LogP contribution >= 0.6 is 11.6 Å². The monoisotopic (exact) mass is 370 g/mol. The molecule has 3 rings (SSSR count). The molecule has 1 unspecified atom stereocenters. The van der Waals surface area contributed by atoms with Crippen LogP contribution in [-0.4, -0.2) is 27.5 Å². The second-order valence-corrected chi connectivity index (χ2v) is 6.46. The number of carbonyl (C=O) groups excluding carboxylic acids is 1. The molecule has 5 nitrogen and oxygen atoms in total. The molecule has 3 aromatic rings. The number of benzene rings is 2. The molecule has 6 heteroatoms. The highest BCUT2D eigenvalue weighted by atomic mass is 35.5. The zero-order chi connectivity index (χ0) is 18.5. The molecule has 0 aliphatic heterocycles. The highest BCUT2D eigenvalue weighted by Crippen LogP contribution is 2.25. The lowest BCUT2D eigenvalue weighted by atomic mass is 9.94. The van der Waals surface area contributed by atoms with E-state index in [9.17, 15) is 4.79 Å². The number of ketones is 1. The molecule has 2 aromatic carbocycles. The molecule has 134 valence electrons. The van der Waals surface area contributed by atoms with Gasteiger partial charge in [0.15, 0.2) is 0 Å². The van der Waals surface area contributed by atoms with Crippen LogP contribution in [0.3, 0.4) is 0 Å². The first-order chi connectivity index (χ1) is 12.6.